The van der Waals surface area contributed by atoms with Crippen molar-refractivity contribution in [2.75, 3.05) is 19.8 Å². The fraction of sp³-hybridized carbons (Fsp3) is 0.364. The fourth-order valence-corrected chi connectivity index (χ4v) is 5.20. The monoisotopic (exact) mass is 318 g/mol. The van der Waals surface area contributed by atoms with Crippen molar-refractivity contribution in [2.24, 2.45) is 0 Å². The maximum atomic E-state index is 6.20. The Bertz CT molecular complexity index is 536. The molecule has 18 heavy (non-hydrogen) atoms. The van der Waals surface area contributed by atoms with Crippen LogP contribution in [0.1, 0.15) is 0 Å². The summed E-state index contributed by atoms with van der Waals surface area (Å²) in [6.45, 7) is 2.20. The normalized spacial score (nSPS) is 21.5. The summed E-state index contributed by atoms with van der Waals surface area (Å²) in [4.78, 5) is 5.60. The van der Waals surface area contributed by atoms with Crippen LogP contribution in [0.15, 0.2) is 28.6 Å². The number of thiazole rings is 1. The minimum absolute atomic E-state index is 0.0501. The molecule has 0 spiro atoms. The highest BCUT2D eigenvalue weighted by atomic mass is 35.5. The predicted octanol–water partition coefficient (Wildman–Crippen LogP) is 3.85. The van der Waals surface area contributed by atoms with Crippen LogP contribution in [0.5, 0.6) is 0 Å². The SMILES string of the molecule is ClC1COCCN1SSc1cccc2scnc12. The Morgan fingerprint density at radius 1 is 1.50 bits per heavy atom. The molecule has 1 fully saturated rings. The molecular weight excluding hydrogens is 308 g/mol. The van der Waals surface area contributed by atoms with Gasteiger partial charge in [0.2, 0.25) is 0 Å². The van der Waals surface area contributed by atoms with E-state index < -0.39 is 0 Å². The first-order chi connectivity index (χ1) is 8.84. The van der Waals surface area contributed by atoms with Crippen molar-refractivity contribution in [2.45, 2.75) is 10.4 Å². The number of benzene rings is 1. The number of ether oxygens (including phenoxy) is 1. The molecule has 0 radical (unpaired) electrons. The number of rotatable bonds is 3. The van der Waals surface area contributed by atoms with Gasteiger partial charge in [-0.3, -0.25) is 0 Å². The molecule has 0 aliphatic carbocycles. The second-order valence-electron chi connectivity index (χ2n) is 3.76. The molecule has 96 valence electrons. The topological polar surface area (TPSA) is 25.4 Å². The molecule has 1 unspecified atom stereocenters. The number of morpholine rings is 1. The Hall–Kier alpha value is 0.0200. The van der Waals surface area contributed by atoms with Gasteiger partial charge in [0.1, 0.15) is 5.50 Å². The third-order valence-electron chi connectivity index (χ3n) is 2.57. The average Bonchev–Trinajstić information content (AvgIpc) is 2.86. The van der Waals surface area contributed by atoms with Crippen molar-refractivity contribution in [3.8, 4) is 0 Å². The standard InChI is InChI=1S/C11H11ClN2OS3/c12-10-6-15-5-4-14(10)18-17-9-3-1-2-8-11(9)13-7-16-8/h1-3,7,10H,4-6H2. The molecule has 0 amide bonds. The zero-order chi connectivity index (χ0) is 12.4. The molecule has 1 aliphatic heterocycles. The number of hydrogen-bond donors (Lipinski definition) is 0. The highest BCUT2D eigenvalue weighted by Gasteiger charge is 2.22. The van der Waals surface area contributed by atoms with Crippen LogP contribution >= 0.6 is 44.7 Å². The number of aromatic nitrogens is 1. The van der Waals surface area contributed by atoms with Gasteiger partial charge in [-0.05, 0) is 33.9 Å². The maximum Gasteiger partial charge on any atom is 0.118 e. The molecule has 7 heteroatoms. The van der Waals surface area contributed by atoms with E-state index >= 15 is 0 Å². The van der Waals surface area contributed by atoms with Gasteiger partial charge in [0, 0.05) is 11.4 Å². The molecule has 2 aromatic rings. The largest absolute Gasteiger partial charge is 0.377 e. The molecular formula is C11H11ClN2OS3. The van der Waals surface area contributed by atoms with Crippen molar-refractivity contribution < 1.29 is 4.74 Å². The van der Waals surface area contributed by atoms with Crippen LogP contribution in [0, 0.1) is 0 Å². The molecule has 0 saturated carbocycles. The number of para-hydroxylation sites is 1. The van der Waals surface area contributed by atoms with Crippen LogP contribution in [0.3, 0.4) is 0 Å². The van der Waals surface area contributed by atoms with E-state index in [0.717, 1.165) is 18.7 Å². The Labute approximate surface area is 122 Å². The van der Waals surface area contributed by atoms with E-state index in [2.05, 4.69) is 27.5 Å². The molecule has 1 aliphatic rings. The minimum Gasteiger partial charge on any atom is -0.377 e. The first kappa shape index (κ1) is 13.0. The zero-order valence-electron chi connectivity index (χ0n) is 9.41. The molecule has 3 nitrogen and oxygen atoms in total. The van der Waals surface area contributed by atoms with Crippen molar-refractivity contribution >= 4 is 54.9 Å². The van der Waals surface area contributed by atoms with Gasteiger partial charge < -0.3 is 4.74 Å². The second kappa shape index (κ2) is 5.98. The summed E-state index contributed by atoms with van der Waals surface area (Å²) in [5.74, 6) is 0. The van der Waals surface area contributed by atoms with Crippen LogP contribution in [0.25, 0.3) is 10.2 Å². The third-order valence-corrected chi connectivity index (χ3v) is 6.39. The number of halogens is 1. The van der Waals surface area contributed by atoms with Gasteiger partial charge in [0.25, 0.3) is 0 Å². The number of hydrogen-bond acceptors (Lipinski definition) is 6. The Morgan fingerprint density at radius 2 is 2.44 bits per heavy atom. The van der Waals surface area contributed by atoms with Crippen LogP contribution in [-0.4, -0.2) is 34.5 Å². The fourth-order valence-electron chi connectivity index (χ4n) is 1.66. The molecule has 1 atom stereocenters. The van der Waals surface area contributed by atoms with Gasteiger partial charge in [-0.25, -0.2) is 9.29 Å². The van der Waals surface area contributed by atoms with E-state index in [1.165, 1.54) is 9.60 Å². The molecule has 1 aromatic carbocycles. The van der Waals surface area contributed by atoms with Gasteiger partial charge in [0.05, 0.1) is 28.9 Å². The molecule has 2 heterocycles. The quantitative estimate of drug-likeness (QED) is 0.370. The van der Waals surface area contributed by atoms with Gasteiger partial charge >= 0.3 is 0 Å². The van der Waals surface area contributed by atoms with E-state index in [-0.39, 0.29) is 5.50 Å². The van der Waals surface area contributed by atoms with Gasteiger partial charge in [0.15, 0.2) is 0 Å². The Morgan fingerprint density at radius 3 is 3.33 bits per heavy atom. The lowest BCUT2D eigenvalue weighted by atomic mass is 10.3. The van der Waals surface area contributed by atoms with Crippen molar-refractivity contribution in [1.29, 1.82) is 0 Å². The van der Waals surface area contributed by atoms with E-state index in [1.54, 1.807) is 33.1 Å². The smallest absolute Gasteiger partial charge is 0.118 e. The minimum atomic E-state index is -0.0501. The van der Waals surface area contributed by atoms with Crippen LogP contribution in [-0.2, 0) is 4.74 Å². The van der Waals surface area contributed by atoms with E-state index in [1.807, 2.05) is 5.51 Å². The lowest BCUT2D eigenvalue weighted by Crippen LogP contribution is -2.36. The summed E-state index contributed by atoms with van der Waals surface area (Å²) < 4.78 is 8.70. The van der Waals surface area contributed by atoms with Gasteiger partial charge in [-0.2, -0.15) is 0 Å². The Balaban J connectivity index is 1.71. The highest BCUT2D eigenvalue weighted by Crippen LogP contribution is 2.40. The third kappa shape index (κ3) is 2.79. The van der Waals surface area contributed by atoms with E-state index in [9.17, 15) is 0 Å². The van der Waals surface area contributed by atoms with Crippen LogP contribution in [0.4, 0.5) is 0 Å². The first-order valence-electron chi connectivity index (χ1n) is 5.50. The van der Waals surface area contributed by atoms with Crippen molar-refractivity contribution in [3.05, 3.63) is 23.7 Å². The predicted molar refractivity (Wildman–Crippen MR) is 80.2 cm³/mol. The lowest BCUT2D eigenvalue weighted by molar-refractivity contribution is 0.0645. The second-order valence-corrected chi connectivity index (χ2v) is 7.33. The molecule has 3 rings (SSSR count). The summed E-state index contributed by atoms with van der Waals surface area (Å²) in [7, 11) is 3.39. The summed E-state index contributed by atoms with van der Waals surface area (Å²) in [5, 5.41) is 0. The average molecular weight is 319 g/mol. The summed E-state index contributed by atoms with van der Waals surface area (Å²) in [6, 6.07) is 6.27. The lowest BCUT2D eigenvalue weighted by Gasteiger charge is -2.29. The zero-order valence-corrected chi connectivity index (χ0v) is 12.6. The molecule has 0 bridgehead atoms. The maximum absolute atomic E-state index is 6.20. The number of alkyl halides is 1. The van der Waals surface area contributed by atoms with E-state index in [4.69, 9.17) is 16.3 Å². The summed E-state index contributed by atoms with van der Waals surface area (Å²) in [6.07, 6.45) is 0. The van der Waals surface area contributed by atoms with Crippen molar-refractivity contribution in [1.82, 2.24) is 9.29 Å². The van der Waals surface area contributed by atoms with Gasteiger partial charge in [-0.1, -0.05) is 6.07 Å². The van der Waals surface area contributed by atoms with E-state index in [0.29, 0.717) is 6.61 Å². The summed E-state index contributed by atoms with van der Waals surface area (Å²) >= 11 is 7.87. The van der Waals surface area contributed by atoms with Crippen LogP contribution < -0.4 is 0 Å². The van der Waals surface area contributed by atoms with Crippen molar-refractivity contribution in [3.63, 3.8) is 0 Å². The number of fused-ring (bicyclic) bond motifs is 1. The number of nitrogens with zero attached hydrogens (tertiary/aromatic N) is 2. The molecule has 1 aromatic heterocycles. The molecule has 1 saturated heterocycles. The van der Waals surface area contributed by atoms with Gasteiger partial charge in [-0.15, -0.1) is 22.9 Å². The summed E-state index contributed by atoms with van der Waals surface area (Å²) in [5.41, 5.74) is 2.92. The first-order valence-corrected chi connectivity index (χ1v) is 8.92. The highest BCUT2D eigenvalue weighted by molar-refractivity contribution is 8.75. The molecule has 0 N–H and O–H groups in total. The Kier molecular flexibility index (Phi) is 4.33. The van der Waals surface area contributed by atoms with Crippen LogP contribution in [0.2, 0.25) is 0 Å².